The summed E-state index contributed by atoms with van der Waals surface area (Å²) in [5.74, 6) is 0.329. The number of aromatic nitrogens is 1. The van der Waals surface area contributed by atoms with Gasteiger partial charge in [0.2, 0.25) is 0 Å². The molecule has 1 aliphatic rings. The number of hydrogen-bond acceptors (Lipinski definition) is 3. The highest BCUT2D eigenvalue weighted by Crippen LogP contribution is 2.28. The van der Waals surface area contributed by atoms with E-state index < -0.39 is 6.09 Å². The Bertz CT molecular complexity index is 331. The van der Waals surface area contributed by atoms with Crippen LogP contribution in [0.3, 0.4) is 0 Å². The van der Waals surface area contributed by atoms with Gasteiger partial charge in [-0.1, -0.05) is 0 Å². The van der Waals surface area contributed by atoms with Gasteiger partial charge in [0, 0.05) is 30.1 Å². The van der Waals surface area contributed by atoms with E-state index in [-0.39, 0.29) is 0 Å². The van der Waals surface area contributed by atoms with Gasteiger partial charge in [0.05, 0.1) is 5.01 Å². The highest BCUT2D eigenvalue weighted by atomic mass is 32.1. The molecule has 0 aliphatic carbocycles. The highest BCUT2D eigenvalue weighted by molar-refractivity contribution is 7.09. The van der Waals surface area contributed by atoms with Crippen molar-refractivity contribution < 1.29 is 9.90 Å². The van der Waals surface area contributed by atoms with E-state index in [9.17, 15) is 4.79 Å². The molecule has 0 bridgehead atoms. The summed E-state index contributed by atoms with van der Waals surface area (Å²) < 4.78 is 0. The molecule has 0 atom stereocenters. The Morgan fingerprint density at radius 1 is 1.77 bits per heavy atom. The first-order valence-corrected chi connectivity index (χ1v) is 4.94. The lowest BCUT2D eigenvalue weighted by atomic mass is 10.0. The molecule has 2 heterocycles. The van der Waals surface area contributed by atoms with Gasteiger partial charge in [0.25, 0.3) is 0 Å². The fourth-order valence-electron chi connectivity index (χ4n) is 1.35. The standard InChI is InChI=1S/C8H10N2O2S/c1-5-4-13-7(9-5)6-2-10(3-6)8(11)12/h4,6H,2-3H2,1H3,(H,11,12). The minimum absolute atomic E-state index is 0.329. The van der Waals surface area contributed by atoms with Crippen molar-refractivity contribution in [3.05, 3.63) is 16.1 Å². The minimum Gasteiger partial charge on any atom is -0.465 e. The van der Waals surface area contributed by atoms with Crippen LogP contribution in [0.1, 0.15) is 16.6 Å². The van der Waals surface area contributed by atoms with E-state index in [0.717, 1.165) is 10.7 Å². The van der Waals surface area contributed by atoms with Gasteiger partial charge in [-0.2, -0.15) is 0 Å². The second-order valence-corrected chi connectivity index (χ2v) is 4.10. The first-order chi connectivity index (χ1) is 6.16. The van der Waals surface area contributed by atoms with Crippen LogP contribution >= 0.6 is 11.3 Å². The Kier molecular flexibility index (Phi) is 1.95. The quantitative estimate of drug-likeness (QED) is 0.744. The number of thiazole rings is 1. The predicted molar refractivity (Wildman–Crippen MR) is 49.2 cm³/mol. The van der Waals surface area contributed by atoms with E-state index in [4.69, 9.17) is 5.11 Å². The molecule has 0 saturated carbocycles. The Balaban J connectivity index is 1.97. The van der Waals surface area contributed by atoms with E-state index in [1.165, 1.54) is 4.90 Å². The van der Waals surface area contributed by atoms with Crippen molar-refractivity contribution in [3.63, 3.8) is 0 Å². The molecule has 1 aliphatic heterocycles. The summed E-state index contributed by atoms with van der Waals surface area (Å²) >= 11 is 1.62. The van der Waals surface area contributed by atoms with Gasteiger partial charge in [-0.3, -0.25) is 0 Å². The monoisotopic (exact) mass is 198 g/mol. The lowest BCUT2D eigenvalue weighted by Crippen LogP contribution is -2.47. The van der Waals surface area contributed by atoms with Crippen molar-refractivity contribution in [2.24, 2.45) is 0 Å². The van der Waals surface area contributed by atoms with Crippen molar-refractivity contribution >= 4 is 17.4 Å². The molecule has 0 aromatic carbocycles. The number of nitrogens with zero attached hydrogens (tertiary/aromatic N) is 2. The molecule has 1 amide bonds. The number of rotatable bonds is 1. The summed E-state index contributed by atoms with van der Waals surface area (Å²) in [6.07, 6.45) is -0.829. The average molecular weight is 198 g/mol. The van der Waals surface area contributed by atoms with Crippen LogP contribution in [0, 0.1) is 6.92 Å². The number of carboxylic acid groups (broad SMARTS) is 1. The molecule has 0 unspecified atom stereocenters. The third kappa shape index (κ3) is 1.51. The van der Waals surface area contributed by atoms with Crippen LogP contribution in [0.5, 0.6) is 0 Å². The van der Waals surface area contributed by atoms with Crippen LogP contribution < -0.4 is 0 Å². The summed E-state index contributed by atoms with van der Waals surface area (Å²) in [5, 5.41) is 11.7. The molecule has 1 aromatic heterocycles. The van der Waals surface area contributed by atoms with Crippen LogP contribution in [-0.2, 0) is 0 Å². The topological polar surface area (TPSA) is 53.4 Å². The lowest BCUT2D eigenvalue weighted by Gasteiger charge is -2.35. The fraction of sp³-hybridized carbons (Fsp3) is 0.500. The van der Waals surface area contributed by atoms with Crippen molar-refractivity contribution in [1.29, 1.82) is 0 Å². The van der Waals surface area contributed by atoms with E-state index in [1.807, 2.05) is 12.3 Å². The van der Waals surface area contributed by atoms with Gasteiger partial charge in [-0.05, 0) is 6.92 Å². The minimum atomic E-state index is -0.829. The molecule has 5 heteroatoms. The molecule has 0 radical (unpaired) electrons. The second kappa shape index (κ2) is 2.99. The number of aryl methyl sites for hydroxylation is 1. The van der Waals surface area contributed by atoms with E-state index in [1.54, 1.807) is 11.3 Å². The van der Waals surface area contributed by atoms with E-state index >= 15 is 0 Å². The first-order valence-electron chi connectivity index (χ1n) is 4.06. The van der Waals surface area contributed by atoms with Gasteiger partial charge in [0.1, 0.15) is 0 Å². The maximum absolute atomic E-state index is 10.5. The van der Waals surface area contributed by atoms with Crippen molar-refractivity contribution in [3.8, 4) is 0 Å². The van der Waals surface area contributed by atoms with E-state index in [2.05, 4.69) is 4.98 Å². The second-order valence-electron chi connectivity index (χ2n) is 3.21. The third-order valence-electron chi connectivity index (χ3n) is 2.14. The summed E-state index contributed by atoms with van der Waals surface area (Å²) in [5.41, 5.74) is 1.02. The maximum Gasteiger partial charge on any atom is 0.407 e. The summed E-state index contributed by atoms with van der Waals surface area (Å²) in [6.45, 7) is 3.15. The molecule has 13 heavy (non-hydrogen) atoms. The Hall–Kier alpha value is -1.10. The molecular formula is C8H10N2O2S. The van der Waals surface area contributed by atoms with Crippen LogP contribution in [0.25, 0.3) is 0 Å². The molecule has 1 N–H and O–H groups in total. The third-order valence-corrected chi connectivity index (χ3v) is 3.26. The van der Waals surface area contributed by atoms with Crippen LogP contribution in [-0.4, -0.2) is 34.2 Å². The first kappa shape index (κ1) is 8.50. The van der Waals surface area contributed by atoms with Crippen LogP contribution in [0.15, 0.2) is 5.38 Å². The van der Waals surface area contributed by atoms with Gasteiger partial charge in [0.15, 0.2) is 0 Å². The Labute approximate surface area is 79.8 Å². The predicted octanol–water partition coefficient (Wildman–Crippen LogP) is 1.53. The zero-order chi connectivity index (χ0) is 9.42. The molecule has 0 spiro atoms. The molecule has 4 nitrogen and oxygen atoms in total. The van der Waals surface area contributed by atoms with Gasteiger partial charge >= 0.3 is 6.09 Å². The van der Waals surface area contributed by atoms with Crippen molar-refractivity contribution in [2.75, 3.05) is 13.1 Å². The smallest absolute Gasteiger partial charge is 0.407 e. The number of carbonyl (C=O) groups is 1. The Morgan fingerprint density at radius 3 is 2.92 bits per heavy atom. The summed E-state index contributed by atoms with van der Waals surface area (Å²) in [4.78, 5) is 16.2. The highest BCUT2D eigenvalue weighted by Gasteiger charge is 2.33. The van der Waals surface area contributed by atoms with Crippen LogP contribution in [0.2, 0.25) is 0 Å². The molecule has 2 rings (SSSR count). The number of amides is 1. The van der Waals surface area contributed by atoms with Gasteiger partial charge < -0.3 is 10.0 Å². The van der Waals surface area contributed by atoms with Gasteiger partial charge in [-0.15, -0.1) is 11.3 Å². The molecule has 1 fully saturated rings. The zero-order valence-electron chi connectivity index (χ0n) is 7.23. The fourth-order valence-corrected chi connectivity index (χ4v) is 2.23. The summed E-state index contributed by atoms with van der Waals surface area (Å²) in [6, 6.07) is 0. The Morgan fingerprint density at radius 2 is 2.46 bits per heavy atom. The van der Waals surface area contributed by atoms with Crippen molar-refractivity contribution in [1.82, 2.24) is 9.88 Å². The van der Waals surface area contributed by atoms with E-state index in [0.29, 0.717) is 19.0 Å². The lowest BCUT2D eigenvalue weighted by molar-refractivity contribution is 0.105. The zero-order valence-corrected chi connectivity index (χ0v) is 8.04. The van der Waals surface area contributed by atoms with Crippen molar-refractivity contribution in [2.45, 2.75) is 12.8 Å². The normalized spacial score (nSPS) is 17.2. The van der Waals surface area contributed by atoms with Crippen LogP contribution in [0.4, 0.5) is 4.79 Å². The maximum atomic E-state index is 10.5. The number of hydrogen-bond donors (Lipinski definition) is 1. The molecular weight excluding hydrogens is 188 g/mol. The SMILES string of the molecule is Cc1csc(C2CN(C(=O)O)C2)n1. The largest absolute Gasteiger partial charge is 0.465 e. The molecule has 1 saturated heterocycles. The number of likely N-dealkylation sites (tertiary alicyclic amines) is 1. The summed E-state index contributed by atoms with van der Waals surface area (Å²) in [7, 11) is 0. The van der Waals surface area contributed by atoms with Gasteiger partial charge in [-0.25, -0.2) is 9.78 Å². The molecule has 1 aromatic rings. The molecule has 70 valence electrons. The average Bonchev–Trinajstić information content (AvgIpc) is 2.31.